The molecule has 0 N–H and O–H groups in total. The summed E-state index contributed by atoms with van der Waals surface area (Å²) < 4.78 is 16.8. The maximum absolute atomic E-state index is 13.7. The summed E-state index contributed by atoms with van der Waals surface area (Å²) in [6.07, 6.45) is 1.08. The minimum Gasteiger partial charge on any atom is -0.342 e. The number of aromatic nitrogens is 1. The first-order chi connectivity index (χ1) is 7.24. The average Bonchev–Trinajstić information content (AvgIpc) is 2.53. The van der Waals surface area contributed by atoms with Gasteiger partial charge in [-0.3, -0.25) is 0 Å². The van der Waals surface area contributed by atoms with Crippen molar-refractivity contribution in [3.63, 3.8) is 0 Å². The second-order valence-electron chi connectivity index (χ2n) is 3.66. The molecule has 2 aromatic rings. The van der Waals surface area contributed by atoms with Crippen molar-refractivity contribution in [2.75, 3.05) is 4.43 Å². The molecule has 0 saturated carbocycles. The van der Waals surface area contributed by atoms with Crippen molar-refractivity contribution in [1.82, 2.24) is 4.57 Å². The standard InChI is InChI=1S/C12H13FIN/c1-9-8-10-4-2-5-11(13)12(10)15(9)7-3-6-14/h2,4-5,8H,3,6-7H2,1H3. The Kier molecular flexibility index (Phi) is 3.29. The SMILES string of the molecule is Cc1cc2cccc(F)c2n1CCCI. The first kappa shape index (κ1) is 10.9. The highest BCUT2D eigenvalue weighted by Crippen LogP contribution is 2.22. The van der Waals surface area contributed by atoms with E-state index in [9.17, 15) is 4.39 Å². The molecule has 15 heavy (non-hydrogen) atoms. The summed E-state index contributed by atoms with van der Waals surface area (Å²) in [7, 11) is 0. The van der Waals surface area contributed by atoms with E-state index in [0.717, 1.165) is 34.0 Å². The Morgan fingerprint density at radius 2 is 2.20 bits per heavy atom. The van der Waals surface area contributed by atoms with Crippen molar-refractivity contribution < 1.29 is 4.39 Å². The molecule has 0 saturated heterocycles. The minimum atomic E-state index is -0.117. The maximum Gasteiger partial charge on any atom is 0.147 e. The van der Waals surface area contributed by atoms with Crippen molar-refractivity contribution in [1.29, 1.82) is 0 Å². The van der Waals surface area contributed by atoms with E-state index in [0.29, 0.717) is 0 Å². The zero-order valence-electron chi connectivity index (χ0n) is 8.63. The van der Waals surface area contributed by atoms with Gasteiger partial charge in [-0.05, 0) is 25.5 Å². The van der Waals surface area contributed by atoms with Gasteiger partial charge in [0, 0.05) is 22.1 Å². The number of halogens is 2. The van der Waals surface area contributed by atoms with Crippen molar-refractivity contribution in [3.05, 3.63) is 35.8 Å². The number of nitrogens with zero attached hydrogens (tertiary/aromatic N) is 1. The van der Waals surface area contributed by atoms with E-state index in [1.54, 1.807) is 6.07 Å². The Morgan fingerprint density at radius 3 is 2.93 bits per heavy atom. The van der Waals surface area contributed by atoms with Crippen molar-refractivity contribution >= 4 is 33.5 Å². The van der Waals surface area contributed by atoms with Crippen LogP contribution in [0.1, 0.15) is 12.1 Å². The van der Waals surface area contributed by atoms with E-state index >= 15 is 0 Å². The predicted octanol–water partition coefficient (Wildman–Crippen LogP) is 3.91. The molecule has 0 bridgehead atoms. The monoisotopic (exact) mass is 317 g/mol. The van der Waals surface area contributed by atoms with Gasteiger partial charge in [0.2, 0.25) is 0 Å². The van der Waals surface area contributed by atoms with Gasteiger partial charge in [-0.25, -0.2) is 4.39 Å². The topological polar surface area (TPSA) is 4.93 Å². The highest BCUT2D eigenvalue weighted by molar-refractivity contribution is 14.1. The Bertz CT molecular complexity index is 476. The second kappa shape index (κ2) is 4.51. The highest BCUT2D eigenvalue weighted by atomic mass is 127. The molecule has 0 fully saturated rings. The lowest BCUT2D eigenvalue weighted by Crippen LogP contribution is -2.01. The summed E-state index contributed by atoms with van der Waals surface area (Å²) in [5.74, 6) is -0.117. The minimum absolute atomic E-state index is 0.117. The Hall–Kier alpha value is -0.580. The molecule has 1 aromatic carbocycles. The first-order valence-electron chi connectivity index (χ1n) is 5.04. The maximum atomic E-state index is 13.7. The van der Waals surface area contributed by atoms with Gasteiger partial charge in [-0.1, -0.05) is 34.7 Å². The molecule has 0 atom stereocenters. The molecule has 80 valence electrons. The van der Waals surface area contributed by atoms with Crippen LogP contribution in [0.4, 0.5) is 4.39 Å². The second-order valence-corrected chi connectivity index (χ2v) is 4.74. The van der Waals surface area contributed by atoms with Crippen LogP contribution < -0.4 is 0 Å². The third-order valence-electron chi connectivity index (χ3n) is 2.59. The molecule has 0 radical (unpaired) electrons. The zero-order chi connectivity index (χ0) is 10.8. The summed E-state index contributed by atoms with van der Waals surface area (Å²) >= 11 is 2.35. The number of aryl methyl sites for hydroxylation is 2. The van der Waals surface area contributed by atoms with Crippen LogP contribution in [-0.2, 0) is 6.54 Å². The third kappa shape index (κ3) is 2.02. The van der Waals surface area contributed by atoms with Crippen LogP contribution >= 0.6 is 22.6 Å². The molecule has 0 aliphatic rings. The van der Waals surface area contributed by atoms with Gasteiger partial charge < -0.3 is 4.57 Å². The van der Waals surface area contributed by atoms with Crippen molar-refractivity contribution in [3.8, 4) is 0 Å². The summed E-state index contributed by atoms with van der Waals surface area (Å²) in [4.78, 5) is 0. The van der Waals surface area contributed by atoms with Crippen LogP contribution in [0.15, 0.2) is 24.3 Å². The molecule has 2 rings (SSSR count). The lowest BCUT2D eigenvalue weighted by Gasteiger charge is -2.07. The summed E-state index contributed by atoms with van der Waals surface area (Å²) in [5.41, 5.74) is 1.89. The van der Waals surface area contributed by atoms with Crippen molar-refractivity contribution in [2.24, 2.45) is 0 Å². The summed E-state index contributed by atoms with van der Waals surface area (Å²) in [6.45, 7) is 2.94. The van der Waals surface area contributed by atoms with Crippen LogP contribution in [-0.4, -0.2) is 8.99 Å². The van der Waals surface area contributed by atoms with Crippen LogP contribution in [0, 0.1) is 12.7 Å². The lowest BCUT2D eigenvalue weighted by molar-refractivity contribution is 0.616. The number of rotatable bonds is 3. The number of hydrogen-bond acceptors (Lipinski definition) is 0. The normalized spacial score (nSPS) is 11.1. The molecule has 1 nitrogen and oxygen atoms in total. The van der Waals surface area contributed by atoms with Crippen LogP contribution in [0.3, 0.4) is 0 Å². The fourth-order valence-corrected chi connectivity index (χ4v) is 2.26. The Labute approximate surface area is 102 Å². The quantitative estimate of drug-likeness (QED) is 0.597. The van der Waals surface area contributed by atoms with E-state index in [2.05, 4.69) is 27.2 Å². The Balaban J connectivity index is 2.55. The van der Waals surface area contributed by atoms with Gasteiger partial charge in [0.15, 0.2) is 0 Å². The summed E-state index contributed by atoms with van der Waals surface area (Å²) in [5, 5.41) is 1.00. The summed E-state index contributed by atoms with van der Waals surface area (Å²) in [6, 6.07) is 7.31. The van der Waals surface area contributed by atoms with Gasteiger partial charge in [0.1, 0.15) is 5.82 Å². The molecule has 3 heteroatoms. The van der Waals surface area contributed by atoms with Gasteiger partial charge in [-0.2, -0.15) is 0 Å². The van der Waals surface area contributed by atoms with Gasteiger partial charge in [0.05, 0.1) is 5.52 Å². The van der Waals surface area contributed by atoms with E-state index in [1.807, 2.05) is 19.1 Å². The van der Waals surface area contributed by atoms with Crippen LogP contribution in [0.5, 0.6) is 0 Å². The Morgan fingerprint density at radius 1 is 1.40 bits per heavy atom. The van der Waals surface area contributed by atoms with Crippen LogP contribution in [0.2, 0.25) is 0 Å². The third-order valence-corrected chi connectivity index (χ3v) is 3.36. The molecule has 0 aliphatic carbocycles. The van der Waals surface area contributed by atoms with Crippen molar-refractivity contribution in [2.45, 2.75) is 19.9 Å². The smallest absolute Gasteiger partial charge is 0.147 e. The van der Waals surface area contributed by atoms with E-state index in [4.69, 9.17) is 0 Å². The molecule has 0 spiro atoms. The van der Waals surface area contributed by atoms with E-state index in [1.165, 1.54) is 6.07 Å². The fraction of sp³-hybridized carbons (Fsp3) is 0.333. The van der Waals surface area contributed by atoms with Crippen LogP contribution in [0.25, 0.3) is 10.9 Å². The van der Waals surface area contributed by atoms with Gasteiger partial charge >= 0.3 is 0 Å². The molecule has 0 amide bonds. The van der Waals surface area contributed by atoms with Gasteiger partial charge in [0.25, 0.3) is 0 Å². The fourth-order valence-electron chi connectivity index (χ4n) is 1.92. The van der Waals surface area contributed by atoms with E-state index in [-0.39, 0.29) is 5.82 Å². The van der Waals surface area contributed by atoms with Gasteiger partial charge in [-0.15, -0.1) is 0 Å². The lowest BCUT2D eigenvalue weighted by atomic mass is 10.2. The first-order valence-corrected chi connectivity index (χ1v) is 6.57. The number of fused-ring (bicyclic) bond motifs is 1. The number of para-hydroxylation sites is 1. The largest absolute Gasteiger partial charge is 0.342 e. The number of alkyl halides is 1. The van der Waals surface area contributed by atoms with E-state index < -0.39 is 0 Å². The zero-order valence-corrected chi connectivity index (χ0v) is 10.8. The highest BCUT2D eigenvalue weighted by Gasteiger charge is 2.08. The average molecular weight is 317 g/mol. The molecule has 0 aliphatic heterocycles. The number of hydrogen-bond donors (Lipinski definition) is 0. The molecule has 0 unspecified atom stereocenters. The molecule has 1 heterocycles. The predicted molar refractivity (Wildman–Crippen MR) is 70.1 cm³/mol. The molecular formula is C12H13FIN. The number of benzene rings is 1. The molecule has 1 aromatic heterocycles. The molecular weight excluding hydrogens is 304 g/mol.